The molecule has 3 atom stereocenters. The van der Waals surface area contributed by atoms with Crippen molar-refractivity contribution in [1.29, 1.82) is 0 Å². The van der Waals surface area contributed by atoms with Crippen LogP contribution in [0.5, 0.6) is 0 Å². The summed E-state index contributed by atoms with van der Waals surface area (Å²) in [5, 5.41) is 0.403. The summed E-state index contributed by atoms with van der Waals surface area (Å²) in [6.45, 7) is 9.18. The van der Waals surface area contributed by atoms with Crippen LogP contribution in [-0.4, -0.2) is 5.38 Å². The van der Waals surface area contributed by atoms with Crippen LogP contribution in [0.3, 0.4) is 0 Å². The van der Waals surface area contributed by atoms with Crippen molar-refractivity contribution < 1.29 is 0 Å². The third-order valence-electron chi connectivity index (χ3n) is 3.72. The van der Waals surface area contributed by atoms with Crippen molar-refractivity contribution in [2.45, 2.75) is 65.2 Å². The second-order valence-electron chi connectivity index (χ2n) is 6.11. The minimum atomic E-state index is 0.403. The smallest absolute Gasteiger partial charge is 0.0387 e. The number of alkyl halides is 1. The van der Waals surface area contributed by atoms with Gasteiger partial charge < -0.3 is 0 Å². The first-order valence-electron chi connectivity index (χ1n) is 6.64. The summed E-state index contributed by atoms with van der Waals surface area (Å²) < 4.78 is 0. The highest BCUT2D eigenvalue weighted by molar-refractivity contribution is 6.20. The van der Waals surface area contributed by atoms with Gasteiger partial charge in [0.15, 0.2) is 0 Å². The maximum absolute atomic E-state index is 6.50. The van der Waals surface area contributed by atoms with Gasteiger partial charge >= 0.3 is 0 Å². The summed E-state index contributed by atoms with van der Waals surface area (Å²) in [6, 6.07) is 0. The predicted octanol–water partition coefficient (Wildman–Crippen LogP) is 5.10. The highest BCUT2D eigenvalue weighted by Crippen LogP contribution is 2.38. The van der Waals surface area contributed by atoms with Crippen molar-refractivity contribution in [2.75, 3.05) is 0 Å². The van der Waals surface area contributed by atoms with Crippen LogP contribution in [0.4, 0.5) is 0 Å². The highest BCUT2D eigenvalue weighted by Gasteiger charge is 2.28. The molecule has 3 unspecified atom stereocenters. The van der Waals surface area contributed by atoms with Gasteiger partial charge in [-0.15, -0.1) is 11.6 Å². The fraction of sp³-hybridized carbons (Fsp3) is 1.00. The van der Waals surface area contributed by atoms with Crippen LogP contribution in [0.15, 0.2) is 0 Å². The molecular weight excluding hydrogens is 204 g/mol. The number of halogens is 1. The van der Waals surface area contributed by atoms with Crippen molar-refractivity contribution in [3.8, 4) is 0 Å². The topological polar surface area (TPSA) is 0 Å². The van der Waals surface area contributed by atoms with E-state index in [4.69, 9.17) is 11.6 Å². The molecule has 1 saturated carbocycles. The quantitative estimate of drug-likeness (QED) is 0.590. The van der Waals surface area contributed by atoms with Crippen molar-refractivity contribution in [1.82, 2.24) is 0 Å². The molecule has 1 aliphatic rings. The molecule has 0 saturated heterocycles. The van der Waals surface area contributed by atoms with Gasteiger partial charge in [-0.25, -0.2) is 0 Å². The van der Waals surface area contributed by atoms with Gasteiger partial charge in [0.2, 0.25) is 0 Å². The first kappa shape index (κ1) is 13.4. The zero-order valence-corrected chi connectivity index (χ0v) is 11.6. The van der Waals surface area contributed by atoms with E-state index in [1.807, 2.05) is 0 Å². The van der Waals surface area contributed by atoms with Crippen LogP contribution in [0.25, 0.3) is 0 Å². The standard InChI is InChI=1S/C14H27Cl/c1-10(2)8-12-6-5-7-13(9-12)14(15)11(3)4/h10-14H,5-9H2,1-4H3. The van der Waals surface area contributed by atoms with Crippen LogP contribution in [0.1, 0.15) is 59.8 Å². The van der Waals surface area contributed by atoms with E-state index in [0.717, 1.165) is 17.8 Å². The maximum atomic E-state index is 6.50. The van der Waals surface area contributed by atoms with Crippen LogP contribution >= 0.6 is 11.6 Å². The molecule has 0 N–H and O–H groups in total. The molecule has 1 rings (SSSR count). The van der Waals surface area contributed by atoms with Crippen molar-refractivity contribution in [3.63, 3.8) is 0 Å². The fourth-order valence-electron chi connectivity index (χ4n) is 3.05. The van der Waals surface area contributed by atoms with Gasteiger partial charge in [-0.2, -0.15) is 0 Å². The van der Waals surface area contributed by atoms with Crippen molar-refractivity contribution in [2.24, 2.45) is 23.7 Å². The van der Waals surface area contributed by atoms with Gasteiger partial charge in [-0.1, -0.05) is 40.5 Å². The van der Waals surface area contributed by atoms with Crippen LogP contribution < -0.4 is 0 Å². The molecule has 90 valence electrons. The Morgan fingerprint density at radius 2 is 1.80 bits per heavy atom. The predicted molar refractivity (Wildman–Crippen MR) is 69.4 cm³/mol. The monoisotopic (exact) mass is 230 g/mol. The van der Waals surface area contributed by atoms with Crippen molar-refractivity contribution in [3.05, 3.63) is 0 Å². The van der Waals surface area contributed by atoms with Crippen LogP contribution in [0, 0.1) is 23.7 Å². The lowest BCUT2D eigenvalue weighted by Gasteiger charge is -2.34. The molecule has 1 aliphatic carbocycles. The van der Waals surface area contributed by atoms with Gasteiger partial charge in [0.05, 0.1) is 0 Å². The van der Waals surface area contributed by atoms with Gasteiger partial charge in [0.25, 0.3) is 0 Å². The summed E-state index contributed by atoms with van der Waals surface area (Å²) >= 11 is 6.50. The molecule has 0 aromatic carbocycles. The van der Waals surface area contributed by atoms with E-state index in [1.165, 1.54) is 32.1 Å². The molecule has 0 aromatic heterocycles. The van der Waals surface area contributed by atoms with Crippen LogP contribution in [-0.2, 0) is 0 Å². The Kier molecular flexibility index (Phi) is 5.46. The van der Waals surface area contributed by atoms with E-state index in [2.05, 4.69) is 27.7 Å². The Morgan fingerprint density at radius 1 is 1.13 bits per heavy atom. The lowest BCUT2D eigenvalue weighted by molar-refractivity contribution is 0.216. The average molecular weight is 231 g/mol. The van der Waals surface area contributed by atoms with Gasteiger partial charge in [0.1, 0.15) is 0 Å². The normalized spacial score (nSPS) is 29.8. The molecule has 15 heavy (non-hydrogen) atoms. The van der Waals surface area contributed by atoms with E-state index in [0.29, 0.717) is 11.3 Å². The minimum absolute atomic E-state index is 0.403. The highest BCUT2D eigenvalue weighted by atomic mass is 35.5. The van der Waals surface area contributed by atoms with Gasteiger partial charge in [-0.3, -0.25) is 0 Å². The van der Waals surface area contributed by atoms with E-state index in [-0.39, 0.29) is 0 Å². The Bertz CT molecular complexity index is 174. The SMILES string of the molecule is CC(C)CC1CCCC(C(Cl)C(C)C)C1. The first-order chi connectivity index (χ1) is 7.00. The molecule has 0 aliphatic heterocycles. The first-order valence-corrected chi connectivity index (χ1v) is 7.08. The molecule has 0 bridgehead atoms. The molecule has 0 heterocycles. The second kappa shape index (κ2) is 6.13. The van der Waals surface area contributed by atoms with Crippen molar-refractivity contribution >= 4 is 11.6 Å². The third kappa shape index (κ3) is 4.34. The number of hydrogen-bond acceptors (Lipinski definition) is 0. The number of rotatable bonds is 4. The summed E-state index contributed by atoms with van der Waals surface area (Å²) in [4.78, 5) is 0. The average Bonchev–Trinajstić information content (AvgIpc) is 2.16. The van der Waals surface area contributed by atoms with Gasteiger partial charge in [0, 0.05) is 5.38 Å². The lowest BCUT2D eigenvalue weighted by atomic mass is 9.75. The van der Waals surface area contributed by atoms with E-state index in [1.54, 1.807) is 0 Å². The molecule has 0 radical (unpaired) electrons. The molecule has 0 aromatic rings. The summed E-state index contributed by atoms with van der Waals surface area (Å²) in [5.41, 5.74) is 0. The maximum Gasteiger partial charge on any atom is 0.0387 e. The lowest BCUT2D eigenvalue weighted by Crippen LogP contribution is -2.27. The zero-order chi connectivity index (χ0) is 11.4. The molecule has 1 heteroatoms. The molecule has 0 amide bonds. The Hall–Kier alpha value is 0.290. The summed E-state index contributed by atoms with van der Waals surface area (Å²) in [7, 11) is 0. The Labute approximate surface area is 101 Å². The largest absolute Gasteiger partial charge is 0.122 e. The molecule has 1 fully saturated rings. The van der Waals surface area contributed by atoms with E-state index < -0.39 is 0 Å². The third-order valence-corrected chi connectivity index (χ3v) is 4.58. The summed E-state index contributed by atoms with van der Waals surface area (Å²) in [6.07, 6.45) is 6.98. The number of hydrogen-bond donors (Lipinski definition) is 0. The second-order valence-corrected chi connectivity index (χ2v) is 6.61. The molecule has 0 nitrogen and oxygen atoms in total. The van der Waals surface area contributed by atoms with E-state index >= 15 is 0 Å². The Morgan fingerprint density at radius 3 is 2.33 bits per heavy atom. The van der Waals surface area contributed by atoms with Crippen LogP contribution in [0.2, 0.25) is 0 Å². The fourth-order valence-corrected chi connectivity index (χ4v) is 3.28. The van der Waals surface area contributed by atoms with E-state index in [9.17, 15) is 0 Å². The molecule has 0 spiro atoms. The minimum Gasteiger partial charge on any atom is -0.122 e. The molecular formula is C14H27Cl. The summed E-state index contributed by atoms with van der Waals surface area (Å²) in [5.74, 6) is 3.21. The zero-order valence-electron chi connectivity index (χ0n) is 10.8. The van der Waals surface area contributed by atoms with Gasteiger partial charge in [-0.05, 0) is 42.9 Å². The Balaban J connectivity index is 2.41.